The molecule has 14 rings (SSSR count). The Balaban J connectivity index is 0.000000144. The highest BCUT2D eigenvalue weighted by atomic mass is 16.5. The normalized spacial score (nSPS) is 42.2. The van der Waals surface area contributed by atoms with Crippen LogP contribution < -0.4 is 9.47 Å². The van der Waals surface area contributed by atoms with Gasteiger partial charge in [0.15, 0.2) is 23.9 Å². The van der Waals surface area contributed by atoms with Gasteiger partial charge in [-0.25, -0.2) is 0 Å². The molecule has 6 saturated carbocycles. The Labute approximate surface area is 384 Å². The lowest BCUT2D eigenvalue weighted by molar-refractivity contribution is -0.285. The fourth-order valence-corrected chi connectivity index (χ4v) is 18.0. The first-order valence-electron chi connectivity index (χ1n) is 24.5. The lowest BCUT2D eigenvalue weighted by Gasteiger charge is -2.75. The monoisotopic (exact) mass is 891 g/mol. The van der Waals surface area contributed by atoms with Gasteiger partial charge in [0.05, 0.1) is 31.0 Å². The quantitative estimate of drug-likeness (QED) is 0.194. The van der Waals surface area contributed by atoms with E-state index in [0.29, 0.717) is 18.8 Å². The van der Waals surface area contributed by atoms with E-state index in [4.69, 9.17) is 9.47 Å². The minimum atomic E-state index is -1.03. The van der Waals surface area contributed by atoms with Crippen LogP contribution in [0.2, 0.25) is 0 Å². The third-order valence-corrected chi connectivity index (χ3v) is 22.0. The number of aromatic hydroxyl groups is 1. The molecule has 2 aromatic carbocycles. The van der Waals surface area contributed by atoms with E-state index < -0.39 is 27.4 Å². The number of nitriles is 2. The first-order chi connectivity index (χ1) is 30.5. The Bertz CT molecular complexity index is 2460. The van der Waals surface area contributed by atoms with Gasteiger partial charge in [0.25, 0.3) is 0 Å². The van der Waals surface area contributed by atoms with E-state index in [1.165, 1.54) is 11.1 Å². The number of hydrogen-bond acceptors (Lipinski definition) is 12. The number of fused-ring (bicyclic) bond motifs is 4. The average Bonchev–Trinajstić information content (AvgIpc) is 3.83. The van der Waals surface area contributed by atoms with Gasteiger partial charge in [0, 0.05) is 74.4 Å². The zero-order chi connectivity index (χ0) is 46.5. The smallest absolute Gasteiger partial charge is 0.179 e. The number of rotatable bonds is 5. The van der Waals surface area contributed by atoms with Crippen molar-refractivity contribution in [3.05, 3.63) is 52.1 Å². The molecule has 0 unspecified atom stereocenters. The predicted octanol–water partition coefficient (Wildman–Crippen LogP) is 5.94. The third kappa shape index (κ3) is 4.62. The molecule has 12 nitrogen and oxygen atoms in total. The van der Waals surface area contributed by atoms with Crippen molar-refractivity contribution >= 4 is 0 Å². The van der Waals surface area contributed by atoms with Crippen LogP contribution in [0.25, 0.3) is 0 Å². The summed E-state index contributed by atoms with van der Waals surface area (Å²) in [6, 6.07) is 7.90. The molecule has 2 aromatic rings. The molecule has 65 heavy (non-hydrogen) atoms. The molecule has 350 valence electrons. The molecule has 6 N–H and O–H groups in total. The van der Waals surface area contributed by atoms with E-state index >= 15 is 0 Å². The summed E-state index contributed by atoms with van der Waals surface area (Å²) in [6.07, 6.45) is 12.4. The number of hydrogen-bond donors (Lipinski definition) is 6. The summed E-state index contributed by atoms with van der Waals surface area (Å²) in [5.74, 6) is 1.22. The Morgan fingerprint density at radius 3 is 1.48 bits per heavy atom. The summed E-state index contributed by atoms with van der Waals surface area (Å²) in [7, 11) is 0. The first-order valence-corrected chi connectivity index (χ1v) is 24.5. The van der Waals surface area contributed by atoms with Crippen LogP contribution in [0.1, 0.15) is 135 Å². The van der Waals surface area contributed by atoms with Crippen molar-refractivity contribution < 1.29 is 40.1 Å². The molecule has 4 heterocycles. The van der Waals surface area contributed by atoms with Crippen molar-refractivity contribution in [2.24, 2.45) is 44.3 Å². The third-order valence-electron chi connectivity index (χ3n) is 22.0. The summed E-state index contributed by atoms with van der Waals surface area (Å²) in [5.41, 5.74) is 0.511. The van der Waals surface area contributed by atoms with Gasteiger partial charge >= 0.3 is 0 Å². The predicted molar refractivity (Wildman–Crippen MR) is 240 cm³/mol. The molecule has 14 atom stereocenters. The number of ether oxygens (including phenoxy) is 2. The Kier molecular flexibility index (Phi) is 8.79. The molecular weight excluding hydrogens is 821 g/mol. The highest BCUT2D eigenvalue weighted by Gasteiger charge is 2.83. The van der Waals surface area contributed by atoms with Crippen molar-refractivity contribution in [3.63, 3.8) is 0 Å². The summed E-state index contributed by atoms with van der Waals surface area (Å²) >= 11 is 0. The van der Waals surface area contributed by atoms with Crippen LogP contribution in [0.3, 0.4) is 0 Å². The molecule has 8 aliphatic carbocycles. The van der Waals surface area contributed by atoms with Gasteiger partial charge in [0.2, 0.25) is 0 Å². The van der Waals surface area contributed by atoms with Gasteiger partial charge in [-0.3, -0.25) is 0 Å². The molecule has 4 spiro atoms. The van der Waals surface area contributed by atoms with Gasteiger partial charge in [-0.05, 0) is 118 Å². The number of phenols is 1. The number of benzene rings is 2. The molecule has 0 aromatic heterocycles. The van der Waals surface area contributed by atoms with Crippen LogP contribution >= 0.6 is 0 Å². The maximum Gasteiger partial charge on any atom is 0.179 e. The fourth-order valence-electron chi connectivity index (χ4n) is 18.0. The lowest BCUT2D eigenvalue weighted by atomic mass is 9.31. The summed E-state index contributed by atoms with van der Waals surface area (Å²) in [4.78, 5) is 3.96. The first kappa shape index (κ1) is 43.8. The Morgan fingerprint density at radius 1 is 0.631 bits per heavy atom. The maximum atomic E-state index is 12.1. The minimum Gasteiger partial charge on any atom is -0.504 e. The van der Waals surface area contributed by atoms with E-state index in [0.717, 1.165) is 86.6 Å². The van der Waals surface area contributed by atoms with E-state index in [2.05, 4.69) is 60.0 Å². The average molecular weight is 891 g/mol. The van der Waals surface area contributed by atoms with Crippen molar-refractivity contribution in [1.29, 1.82) is 10.5 Å². The van der Waals surface area contributed by atoms with Gasteiger partial charge < -0.3 is 49.9 Å². The number of aliphatic hydroxyl groups is 5. The zero-order valence-electron chi connectivity index (χ0n) is 39.7. The fraction of sp³-hybridized carbons (Fsp3) is 0.736. The Morgan fingerprint density at radius 2 is 1.06 bits per heavy atom. The molecule has 4 aliphatic heterocycles. The molecule has 12 aliphatic rings. The second kappa shape index (κ2) is 13.0. The van der Waals surface area contributed by atoms with Crippen LogP contribution in [0.4, 0.5) is 0 Å². The van der Waals surface area contributed by atoms with Crippen molar-refractivity contribution in [1.82, 2.24) is 9.80 Å². The summed E-state index contributed by atoms with van der Waals surface area (Å²) in [6.45, 7) is 17.4. The van der Waals surface area contributed by atoms with E-state index in [1.807, 2.05) is 35.8 Å². The van der Waals surface area contributed by atoms with Gasteiger partial charge in [-0.2, -0.15) is 10.5 Å². The van der Waals surface area contributed by atoms with E-state index in [-0.39, 0.29) is 88.8 Å². The van der Waals surface area contributed by atoms with E-state index in [9.17, 15) is 41.2 Å². The molecule has 0 radical (unpaired) electrons. The van der Waals surface area contributed by atoms with Gasteiger partial charge in [0.1, 0.15) is 18.0 Å². The highest BCUT2D eigenvalue weighted by molar-refractivity contribution is 5.64. The van der Waals surface area contributed by atoms with Crippen LogP contribution in [-0.4, -0.2) is 102 Å². The zero-order valence-corrected chi connectivity index (χ0v) is 39.7. The number of aliphatic hydroxyl groups excluding tert-OH is 3. The lowest BCUT2D eigenvalue weighted by Crippen LogP contribution is -2.80. The van der Waals surface area contributed by atoms with Crippen LogP contribution in [0.15, 0.2) is 24.3 Å². The van der Waals surface area contributed by atoms with Crippen molar-refractivity contribution in [3.8, 4) is 29.6 Å². The van der Waals surface area contributed by atoms with Crippen LogP contribution in [0, 0.1) is 67.2 Å². The topological polar surface area (TPSA) is 194 Å². The molecule has 8 fully saturated rings. The second-order valence-electron chi connectivity index (χ2n) is 25.1. The number of piperidine rings is 2. The highest BCUT2D eigenvalue weighted by Crippen LogP contribution is 2.81. The molecule has 8 bridgehead atoms. The van der Waals surface area contributed by atoms with E-state index in [1.54, 1.807) is 6.07 Å². The summed E-state index contributed by atoms with van der Waals surface area (Å²) < 4.78 is 13.6. The maximum absolute atomic E-state index is 12.1. The molecule has 12 heteroatoms. The van der Waals surface area contributed by atoms with Crippen LogP contribution in [0.5, 0.6) is 17.2 Å². The molecule has 2 saturated heterocycles. The number of likely N-dealkylation sites (tertiary alicyclic amines) is 2. The number of phenolic OH excluding ortho intramolecular Hbond substituents is 1. The standard InChI is InChI=1S/C27H36N2O4.C26H34N2O4/c1-23(2,3)24(4,32)18-12-26-8-7-25(18,14-31)22-27(26)9-10-29(15-28)19(26)11-16-5-6-17(13-30)21(33-22)20(16)27;1-22(2,3)23(4,31)17-12-25-8-7-24(17,13-29)21-26(25)9-10-28(14-27)18(25)11-15-5-6-16(30)20(32-21)19(15)26/h5-6,18-19,22,30-32H,7-14H2,1-4H3;5-6,17-18,21,29-31H,7-13H2,1-4H3/t18-,19-,22+,24+,25-,26-,27+;17-,18-,21+,23+,24-,25-,26+/m11/s1. The summed E-state index contributed by atoms with van der Waals surface area (Å²) in [5, 5.41) is 87.2. The largest absolute Gasteiger partial charge is 0.504 e. The second-order valence-corrected chi connectivity index (χ2v) is 25.1. The van der Waals surface area contributed by atoms with Crippen molar-refractivity contribution in [2.45, 2.75) is 173 Å². The molecule has 0 amide bonds. The molecular formula is C53H70N4O8. The van der Waals surface area contributed by atoms with Crippen LogP contribution in [-0.2, 0) is 30.3 Å². The number of nitrogens with zero attached hydrogens (tertiary/aromatic N) is 4. The van der Waals surface area contributed by atoms with Gasteiger partial charge in [-0.1, -0.05) is 59.7 Å². The van der Waals surface area contributed by atoms with Crippen molar-refractivity contribution in [2.75, 3.05) is 26.3 Å². The SMILES string of the molecule is CC(C)(C)[C@@](C)(O)[C@H]1C[C@@]23CC[C@]1(CO)[C@@H]1Oc4c(CO)ccc5c4[C@@]12CCN(C#N)[C@@H]3C5.CC(C)(C)[C@@](C)(O)[C@H]1C[C@@]23CC[C@]1(CO)[C@@H]1Oc4c(O)ccc5c4[C@@]12CCN(C#N)[C@@H]3C5. The Hall–Kier alpha value is -3.78. The van der Waals surface area contributed by atoms with Gasteiger partial charge in [-0.15, -0.1) is 0 Å². The minimum absolute atomic E-state index is 0.0309.